The highest BCUT2D eigenvalue weighted by Crippen LogP contribution is 2.30. The second kappa shape index (κ2) is 5.48. The van der Waals surface area contributed by atoms with E-state index in [1.54, 1.807) is 0 Å². The Morgan fingerprint density at radius 1 is 1.18 bits per heavy atom. The number of fused-ring (bicyclic) bond motifs is 1. The molecule has 22 heavy (non-hydrogen) atoms. The monoisotopic (exact) mass is 298 g/mol. The zero-order valence-electron chi connectivity index (χ0n) is 11.7. The number of carboxylic acids is 1. The third-order valence-corrected chi connectivity index (χ3v) is 3.89. The number of hydrogen-bond donors (Lipinski definition) is 1. The molecule has 1 aliphatic heterocycles. The van der Waals surface area contributed by atoms with Gasteiger partial charge in [-0.25, -0.2) is 4.79 Å². The zero-order chi connectivity index (χ0) is 15.7. The summed E-state index contributed by atoms with van der Waals surface area (Å²) in [6.45, 7) is 1.30. The molecule has 0 fully saturated rings. The number of aromatic carboxylic acids is 1. The van der Waals surface area contributed by atoms with E-state index in [0.717, 1.165) is 18.1 Å². The lowest BCUT2D eigenvalue weighted by Crippen LogP contribution is -2.31. The molecule has 0 radical (unpaired) electrons. The number of nitro groups is 1. The van der Waals surface area contributed by atoms with E-state index >= 15 is 0 Å². The van der Waals surface area contributed by atoms with Gasteiger partial charge in [0.2, 0.25) is 0 Å². The molecular formula is C16H14N2O4. The number of carbonyl (C=O) groups is 1. The third-order valence-electron chi connectivity index (χ3n) is 3.89. The fourth-order valence-corrected chi connectivity index (χ4v) is 2.79. The lowest BCUT2D eigenvalue weighted by atomic mass is 9.98. The first-order valence-electron chi connectivity index (χ1n) is 6.90. The second-order valence-corrected chi connectivity index (χ2v) is 5.20. The molecule has 0 aromatic heterocycles. The number of nitrogens with zero attached hydrogens (tertiary/aromatic N) is 2. The summed E-state index contributed by atoms with van der Waals surface area (Å²) in [5.74, 6) is -1.16. The summed E-state index contributed by atoms with van der Waals surface area (Å²) < 4.78 is 0. The molecule has 1 N–H and O–H groups in total. The predicted molar refractivity (Wildman–Crippen MR) is 81.3 cm³/mol. The fourth-order valence-electron chi connectivity index (χ4n) is 2.79. The number of rotatable bonds is 3. The first kappa shape index (κ1) is 14.1. The molecular weight excluding hydrogens is 284 g/mol. The largest absolute Gasteiger partial charge is 0.478 e. The maximum atomic E-state index is 11.4. The molecule has 0 aliphatic carbocycles. The van der Waals surface area contributed by atoms with Crippen molar-refractivity contribution in [2.45, 2.75) is 13.0 Å². The number of non-ortho nitro benzene ring substituents is 1. The first-order chi connectivity index (χ1) is 10.6. The Bertz CT molecular complexity index is 758. The predicted octanol–water partition coefficient (Wildman–Crippen LogP) is 2.86. The second-order valence-electron chi connectivity index (χ2n) is 5.20. The van der Waals surface area contributed by atoms with Gasteiger partial charge in [0.25, 0.3) is 5.69 Å². The van der Waals surface area contributed by atoms with Gasteiger partial charge in [-0.1, -0.05) is 24.3 Å². The Labute approximate surface area is 126 Å². The lowest BCUT2D eigenvalue weighted by Gasteiger charge is -2.31. The molecule has 0 saturated carbocycles. The van der Waals surface area contributed by atoms with Crippen LogP contribution in [0.4, 0.5) is 11.4 Å². The van der Waals surface area contributed by atoms with Gasteiger partial charge in [-0.2, -0.15) is 0 Å². The van der Waals surface area contributed by atoms with E-state index in [2.05, 4.69) is 6.07 Å². The van der Waals surface area contributed by atoms with Crippen molar-refractivity contribution in [3.05, 3.63) is 69.3 Å². The number of anilines is 1. The van der Waals surface area contributed by atoms with Crippen LogP contribution in [-0.2, 0) is 13.0 Å². The molecule has 0 spiro atoms. The van der Waals surface area contributed by atoms with Gasteiger partial charge >= 0.3 is 5.97 Å². The van der Waals surface area contributed by atoms with Crippen LogP contribution in [0.15, 0.2) is 42.5 Å². The van der Waals surface area contributed by atoms with Gasteiger partial charge < -0.3 is 10.0 Å². The summed E-state index contributed by atoms with van der Waals surface area (Å²) in [6, 6.07) is 12.0. The average Bonchev–Trinajstić information content (AvgIpc) is 2.53. The number of carboxylic acid groups (broad SMARTS) is 1. The van der Waals surface area contributed by atoms with Gasteiger partial charge in [0.15, 0.2) is 0 Å². The molecule has 6 nitrogen and oxygen atoms in total. The molecule has 1 aliphatic rings. The first-order valence-corrected chi connectivity index (χ1v) is 6.90. The lowest BCUT2D eigenvalue weighted by molar-refractivity contribution is -0.384. The van der Waals surface area contributed by atoms with Crippen LogP contribution in [-0.4, -0.2) is 22.5 Å². The molecule has 0 bridgehead atoms. The van der Waals surface area contributed by atoms with E-state index in [4.69, 9.17) is 0 Å². The van der Waals surface area contributed by atoms with Crippen LogP contribution in [0.25, 0.3) is 0 Å². The highest BCUT2D eigenvalue weighted by atomic mass is 16.6. The van der Waals surface area contributed by atoms with Crippen molar-refractivity contribution in [1.29, 1.82) is 0 Å². The van der Waals surface area contributed by atoms with Crippen LogP contribution in [0.2, 0.25) is 0 Å². The molecule has 2 aromatic carbocycles. The molecule has 6 heteroatoms. The summed E-state index contributed by atoms with van der Waals surface area (Å²) in [5.41, 5.74) is 2.70. The Kier molecular flexibility index (Phi) is 3.50. The van der Waals surface area contributed by atoms with E-state index in [9.17, 15) is 20.0 Å². The van der Waals surface area contributed by atoms with Crippen LogP contribution in [0, 0.1) is 10.1 Å². The fraction of sp³-hybridized carbons (Fsp3) is 0.188. The third kappa shape index (κ3) is 2.50. The molecule has 0 saturated heterocycles. The highest BCUT2D eigenvalue weighted by Gasteiger charge is 2.23. The van der Waals surface area contributed by atoms with Crippen molar-refractivity contribution >= 4 is 17.3 Å². The highest BCUT2D eigenvalue weighted by molar-refractivity contribution is 5.95. The minimum atomic E-state index is -1.16. The molecule has 0 unspecified atom stereocenters. The quantitative estimate of drug-likeness (QED) is 0.695. The summed E-state index contributed by atoms with van der Waals surface area (Å²) in [6.07, 6.45) is 0.826. The summed E-state index contributed by atoms with van der Waals surface area (Å²) in [5, 5.41) is 20.2. The van der Waals surface area contributed by atoms with Crippen molar-refractivity contribution in [3.8, 4) is 0 Å². The number of nitro benzene ring substituents is 1. The zero-order valence-corrected chi connectivity index (χ0v) is 11.7. The van der Waals surface area contributed by atoms with E-state index in [1.165, 1.54) is 17.7 Å². The van der Waals surface area contributed by atoms with Gasteiger partial charge in [-0.05, 0) is 23.6 Å². The SMILES string of the molecule is O=C(O)c1cc([N+](=O)[O-])ccc1N1CCc2ccccc2C1. The minimum Gasteiger partial charge on any atom is -0.478 e. The van der Waals surface area contributed by atoms with Crippen LogP contribution < -0.4 is 4.90 Å². The molecule has 2 aromatic rings. The standard InChI is InChI=1S/C16H14N2O4/c19-16(20)14-9-13(18(21)22)5-6-15(14)17-8-7-11-3-1-2-4-12(11)10-17/h1-6,9H,7-8,10H2,(H,19,20). The topological polar surface area (TPSA) is 83.7 Å². The summed E-state index contributed by atoms with van der Waals surface area (Å²) >= 11 is 0. The van der Waals surface area contributed by atoms with Crippen molar-refractivity contribution in [2.75, 3.05) is 11.4 Å². The van der Waals surface area contributed by atoms with Gasteiger partial charge in [0.1, 0.15) is 0 Å². The maximum absolute atomic E-state index is 11.4. The van der Waals surface area contributed by atoms with Crippen molar-refractivity contribution in [1.82, 2.24) is 0 Å². The van der Waals surface area contributed by atoms with Gasteiger partial charge in [0.05, 0.1) is 16.2 Å². The summed E-state index contributed by atoms with van der Waals surface area (Å²) in [4.78, 5) is 23.6. The van der Waals surface area contributed by atoms with Crippen LogP contribution in [0.1, 0.15) is 21.5 Å². The smallest absolute Gasteiger partial charge is 0.338 e. The Hall–Kier alpha value is -2.89. The van der Waals surface area contributed by atoms with E-state index in [-0.39, 0.29) is 11.3 Å². The minimum absolute atomic E-state index is 0.0337. The van der Waals surface area contributed by atoms with Crippen LogP contribution in [0.5, 0.6) is 0 Å². The van der Waals surface area contributed by atoms with Crippen LogP contribution >= 0.6 is 0 Å². The Balaban J connectivity index is 1.99. The van der Waals surface area contributed by atoms with E-state index in [0.29, 0.717) is 18.8 Å². The molecule has 3 rings (SSSR count). The molecule has 0 atom stereocenters. The average molecular weight is 298 g/mol. The van der Waals surface area contributed by atoms with Crippen molar-refractivity contribution in [3.63, 3.8) is 0 Å². The molecule has 112 valence electrons. The maximum Gasteiger partial charge on any atom is 0.338 e. The normalized spacial score (nSPS) is 13.5. The molecule has 0 amide bonds. The number of hydrogen-bond acceptors (Lipinski definition) is 4. The Morgan fingerprint density at radius 3 is 2.59 bits per heavy atom. The van der Waals surface area contributed by atoms with Crippen LogP contribution in [0.3, 0.4) is 0 Å². The van der Waals surface area contributed by atoms with Gasteiger partial charge in [-0.3, -0.25) is 10.1 Å². The van der Waals surface area contributed by atoms with Crippen molar-refractivity contribution in [2.24, 2.45) is 0 Å². The van der Waals surface area contributed by atoms with E-state index < -0.39 is 10.9 Å². The van der Waals surface area contributed by atoms with Gasteiger partial charge in [0, 0.05) is 25.2 Å². The van der Waals surface area contributed by atoms with Gasteiger partial charge in [-0.15, -0.1) is 0 Å². The Morgan fingerprint density at radius 2 is 1.91 bits per heavy atom. The number of benzene rings is 2. The molecule has 1 heterocycles. The van der Waals surface area contributed by atoms with Crippen molar-refractivity contribution < 1.29 is 14.8 Å². The van der Waals surface area contributed by atoms with E-state index in [1.807, 2.05) is 23.1 Å². The summed E-state index contributed by atoms with van der Waals surface area (Å²) in [7, 11) is 0.